The van der Waals surface area contributed by atoms with Crippen molar-refractivity contribution in [3.8, 4) is 5.75 Å². The van der Waals surface area contributed by atoms with E-state index in [0.29, 0.717) is 6.54 Å². The largest absolute Gasteiger partial charge is 0.497 e. The maximum atomic E-state index is 12.4. The number of nitrogens with one attached hydrogen (secondary N) is 1. The average Bonchev–Trinajstić information content (AvgIpc) is 3.05. The summed E-state index contributed by atoms with van der Waals surface area (Å²) in [4.78, 5) is 18.0. The lowest BCUT2D eigenvalue weighted by Gasteiger charge is -2.34. The molecule has 0 atom stereocenters. The van der Waals surface area contributed by atoms with E-state index in [1.807, 2.05) is 29.2 Å². The zero-order chi connectivity index (χ0) is 17.6. The van der Waals surface area contributed by atoms with Gasteiger partial charge in [0.25, 0.3) is 0 Å². The Morgan fingerprint density at radius 3 is 2.72 bits per heavy atom. The Balaban J connectivity index is 1.43. The molecular weight excluding hydrogens is 402 g/mol. The van der Waals surface area contributed by atoms with E-state index in [-0.39, 0.29) is 6.03 Å². The summed E-state index contributed by atoms with van der Waals surface area (Å²) in [7, 11) is 1.64. The summed E-state index contributed by atoms with van der Waals surface area (Å²) in [5.74, 6) is 0.806. The summed E-state index contributed by atoms with van der Waals surface area (Å²) >= 11 is 5.27. The summed E-state index contributed by atoms with van der Waals surface area (Å²) in [5, 5.41) is 3.00. The Hall–Kier alpha value is -1.57. The van der Waals surface area contributed by atoms with Gasteiger partial charge in [0, 0.05) is 44.1 Å². The molecule has 1 aromatic heterocycles. The molecule has 3 rings (SSSR count). The molecule has 1 saturated heterocycles. The van der Waals surface area contributed by atoms with Crippen LogP contribution in [-0.2, 0) is 13.1 Å². The van der Waals surface area contributed by atoms with Gasteiger partial charge in [-0.2, -0.15) is 0 Å². The minimum atomic E-state index is 0.00124. The van der Waals surface area contributed by atoms with Crippen LogP contribution in [0.5, 0.6) is 5.75 Å². The number of carbonyl (C=O) groups is 1. The number of piperazine rings is 1. The van der Waals surface area contributed by atoms with Gasteiger partial charge in [-0.1, -0.05) is 12.1 Å². The maximum Gasteiger partial charge on any atom is 0.317 e. The number of hydrogen-bond donors (Lipinski definition) is 1. The molecule has 0 unspecified atom stereocenters. The summed E-state index contributed by atoms with van der Waals surface area (Å²) in [5.41, 5.74) is 1.04. The molecule has 0 saturated carbocycles. The van der Waals surface area contributed by atoms with Crippen LogP contribution < -0.4 is 10.1 Å². The predicted octanol–water partition coefficient (Wildman–Crippen LogP) is 3.55. The van der Waals surface area contributed by atoms with Crippen molar-refractivity contribution in [1.82, 2.24) is 15.1 Å². The Labute approximate surface area is 160 Å². The van der Waals surface area contributed by atoms with Crippen molar-refractivity contribution in [2.24, 2.45) is 0 Å². The van der Waals surface area contributed by atoms with Crippen molar-refractivity contribution in [3.05, 3.63) is 50.6 Å². The van der Waals surface area contributed by atoms with E-state index >= 15 is 0 Å². The van der Waals surface area contributed by atoms with Crippen molar-refractivity contribution < 1.29 is 9.53 Å². The zero-order valence-electron chi connectivity index (χ0n) is 14.2. The fraction of sp³-hybridized carbons (Fsp3) is 0.389. The van der Waals surface area contributed by atoms with E-state index in [2.05, 4.69) is 38.3 Å². The van der Waals surface area contributed by atoms with Crippen LogP contribution in [0.2, 0.25) is 0 Å². The van der Waals surface area contributed by atoms with Crippen LogP contribution in [0.25, 0.3) is 0 Å². The summed E-state index contributed by atoms with van der Waals surface area (Å²) in [6.45, 7) is 4.80. The SMILES string of the molecule is COc1cccc(CNC(=O)N2CCN(Cc3ccc(Br)s3)CC2)c1. The van der Waals surface area contributed by atoms with Crippen LogP contribution in [0.3, 0.4) is 0 Å². The van der Waals surface area contributed by atoms with Gasteiger partial charge in [-0.15, -0.1) is 11.3 Å². The standard InChI is InChI=1S/C18H22BrN3O2S/c1-24-15-4-2-3-14(11-15)12-20-18(23)22-9-7-21(8-10-22)13-16-5-6-17(19)25-16/h2-6,11H,7-10,12-13H2,1H3,(H,20,23). The predicted molar refractivity (Wildman–Crippen MR) is 104 cm³/mol. The Bertz CT molecular complexity index is 714. The number of nitrogens with zero attached hydrogens (tertiary/aromatic N) is 2. The number of halogens is 1. The highest BCUT2D eigenvalue weighted by atomic mass is 79.9. The second kappa shape index (κ2) is 8.69. The fourth-order valence-corrected chi connectivity index (χ4v) is 4.36. The van der Waals surface area contributed by atoms with Gasteiger partial charge in [0.2, 0.25) is 0 Å². The molecule has 7 heteroatoms. The first-order chi connectivity index (χ1) is 12.1. The molecule has 2 heterocycles. The van der Waals surface area contributed by atoms with Crippen LogP contribution in [0.4, 0.5) is 4.79 Å². The van der Waals surface area contributed by atoms with Crippen LogP contribution in [0, 0.1) is 0 Å². The molecule has 2 amide bonds. The lowest BCUT2D eigenvalue weighted by Crippen LogP contribution is -2.51. The van der Waals surface area contributed by atoms with Crippen molar-refractivity contribution in [3.63, 3.8) is 0 Å². The quantitative estimate of drug-likeness (QED) is 0.799. The van der Waals surface area contributed by atoms with Gasteiger partial charge in [-0.3, -0.25) is 4.90 Å². The molecule has 0 spiro atoms. The molecule has 1 fully saturated rings. The van der Waals surface area contributed by atoms with Crippen molar-refractivity contribution in [2.45, 2.75) is 13.1 Å². The molecule has 5 nitrogen and oxygen atoms in total. The molecule has 0 aliphatic carbocycles. The number of thiophene rings is 1. The number of carbonyl (C=O) groups excluding carboxylic acids is 1. The lowest BCUT2D eigenvalue weighted by molar-refractivity contribution is 0.135. The first-order valence-corrected chi connectivity index (χ1v) is 9.87. The molecule has 25 heavy (non-hydrogen) atoms. The van der Waals surface area contributed by atoms with E-state index in [0.717, 1.165) is 47.8 Å². The first-order valence-electron chi connectivity index (χ1n) is 8.26. The third-order valence-electron chi connectivity index (χ3n) is 4.25. The average molecular weight is 424 g/mol. The van der Waals surface area contributed by atoms with Gasteiger partial charge >= 0.3 is 6.03 Å². The monoisotopic (exact) mass is 423 g/mol. The van der Waals surface area contributed by atoms with Gasteiger partial charge in [0.05, 0.1) is 10.9 Å². The number of methoxy groups -OCH3 is 1. The van der Waals surface area contributed by atoms with Gasteiger partial charge in [-0.05, 0) is 45.8 Å². The summed E-state index contributed by atoms with van der Waals surface area (Å²) < 4.78 is 6.37. The molecule has 2 aromatic rings. The second-order valence-electron chi connectivity index (χ2n) is 5.98. The van der Waals surface area contributed by atoms with Gasteiger partial charge in [0.15, 0.2) is 0 Å². The van der Waals surface area contributed by atoms with Crippen LogP contribution in [0.15, 0.2) is 40.2 Å². The van der Waals surface area contributed by atoms with Crippen molar-refractivity contribution in [1.29, 1.82) is 0 Å². The molecule has 1 aliphatic rings. The third-order valence-corrected chi connectivity index (χ3v) is 5.85. The second-order valence-corrected chi connectivity index (χ2v) is 8.53. The molecule has 0 radical (unpaired) electrons. The van der Waals surface area contributed by atoms with E-state index in [1.165, 1.54) is 4.88 Å². The van der Waals surface area contributed by atoms with E-state index in [9.17, 15) is 4.79 Å². The van der Waals surface area contributed by atoms with E-state index < -0.39 is 0 Å². The van der Waals surface area contributed by atoms with Gasteiger partial charge < -0.3 is 15.0 Å². The van der Waals surface area contributed by atoms with E-state index in [1.54, 1.807) is 18.4 Å². The number of rotatable bonds is 5. The molecule has 0 bridgehead atoms. The lowest BCUT2D eigenvalue weighted by atomic mass is 10.2. The first kappa shape index (κ1) is 18.2. The Morgan fingerprint density at radius 2 is 2.04 bits per heavy atom. The minimum absolute atomic E-state index is 0.00124. The number of ether oxygens (including phenoxy) is 1. The smallest absolute Gasteiger partial charge is 0.317 e. The molecule has 1 aliphatic heterocycles. The molecule has 1 N–H and O–H groups in total. The zero-order valence-corrected chi connectivity index (χ0v) is 16.6. The van der Waals surface area contributed by atoms with Crippen molar-refractivity contribution in [2.75, 3.05) is 33.3 Å². The van der Waals surface area contributed by atoms with Crippen LogP contribution in [-0.4, -0.2) is 49.1 Å². The number of hydrogen-bond acceptors (Lipinski definition) is 4. The van der Waals surface area contributed by atoms with Crippen LogP contribution >= 0.6 is 27.3 Å². The summed E-state index contributed by atoms with van der Waals surface area (Å²) in [6.07, 6.45) is 0. The van der Waals surface area contributed by atoms with Crippen LogP contribution in [0.1, 0.15) is 10.4 Å². The minimum Gasteiger partial charge on any atom is -0.497 e. The van der Waals surface area contributed by atoms with Gasteiger partial charge in [-0.25, -0.2) is 4.79 Å². The highest BCUT2D eigenvalue weighted by Crippen LogP contribution is 2.23. The number of urea groups is 1. The Kier molecular flexibility index (Phi) is 6.34. The van der Waals surface area contributed by atoms with E-state index in [4.69, 9.17) is 4.74 Å². The maximum absolute atomic E-state index is 12.4. The number of amides is 2. The molecule has 134 valence electrons. The normalized spacial score (nSPS) is 15.2. The molecular formula is C18H22BrN3O2S. The highest BCUT2D eigenvalue weighted by molar-refractivity contribution is 9.11. The number of benzene rings is 1. The highest BCUT2D eigenvalue weighted by Gasteiger charge is 2.21. The third kappa shape index (κ3) is 5.20. The summed E-state index contributed by atoms with van der Waals surface area (Å²) in [6, 6.07) is 12.0. The van der Waals surface area contributed by atoms with Crippen molar-refractivity contribution >= 4 is 33.3 Å². The van der Waals surface area contributed by atoms with Gasteiger partial charge in [0.1, 0.15) is 5.75 Å². The fourth-order valence-electron chi connectivity index (χ4n) is 2.84. The topological polar surface area (TPSA) is 44.8 Å². The molecule has 1 aromatic carbocycles. The Morgan fingerprint density at radius 1 is 1.24 bits per heavy atom.